The van der Waals surface area contributed by atoms with E-state index in [2.05, 4.69) is 72.4 Å². The van der Waals surface area contributed by atoms with Crippen LogP contribution in [0.1, 0.15) is 0 Å². The van der Waals surface area contributed by atoms with Crippen LogP contribution in [0.25, 0.3) is 23.3 Å². The van der Waals surface area contributed by atoms with E-state index in [0.29, 0.717) is 23.3 Å². The molecule has 208 valence electrons. The number of aromatic nitrogens is 12. The van der Waals surface area contributed by atoms with Crippen LogP contribution in [0.3, 0.4) is 0 Å². The molecule has 1 N–H and O–H groups in total. The monoisotopic (exact) mass is 724 g/mol. The molecule has 0 spiro atoms. The maximum absolute atomic E-state index is 7.26. The molecule has 6 aromatic heterocycles. The molecular formula is C23H20FeN14OSe2. The first-order valence-electron chi connectivity index (χ1n) is 10.8. The first-order valence-corrected chi connectivity index (χ1v) is 12.5. The van der Waals surface area contributed by atoms with Crippen LogP contribution in [0, 0.1) is 20.5 Å². The summed E-state index contributed by atoms with van der Waals surface area (Å²) in [5.41, 5.74) is 0. The molecule has 0 radical (unpaired) electrons. The van der Waals surface area contributed by atoms with Gasteiger partial charge in [0.15, 0.2) is 23.3 Å². The fraction of sp³-hybridized carbons (Fsp3) is 0.0435. The van der Waals surface area contributed by atoms with E-state index in [1.165, 1.54) is 12.7 Å². The van der Waals surface area contributed by atoms with Gasteiger partial charge in [-0.05, 0) is 24.3 Å². The molecule has 0 saturated heterocycles. The third kappa shape index (κ3) is 11.3. The van der Waals surface area contributed by atoms with Crippen molar-refractivity contribution in [1.82, 2.24) is 59.1 Å². The van der Waals surface area contributed by atoms with Gasteiger partial charge in [-0.25, -0.2) is 38.7 Å². The molecule has 0 atom stereocenters. The van der Waals surface area contributed by atoms with Crippen LogP contribution in [-0.2, 0) is 17.1 Å². The molecular weight excluding hydrogens is 702 g/mol. The number of hydrogen-bond acceptors (Lipinski definition) is 11. The van der Waals surface area contributed by atoms with Gasteiger partial charge in [0.2, 0.25) is 0 Å². The van der Waals surface area contributed by atoms with E-state index >= 15 is 0 Å². The van der Waals surface area contributed by atoms with Gasteiger partial charge in [-0.2, -0.15) is 20.4 Å². The Balaban J connectivity index is 0.000000322. The number of hydrogen-bond donors (Lipinski definition) is 1. The second kappa shape index (κ2) is 20.4. The second-order valence-corrected chi connectivity index (χ2v) is 7.22. The van der Waals surface area contributed by atoms with Crippen LogP contribution in [0.5, 0.6) is 0 Å². The molecule has 0 aliphatic rings. The average Bonchev–Trinajstić information content (AvgIpc) is 3.83. The van der Waals surface area contributed by atoms with Crippen LogP contribution in [0.2, 0.25) is 0 Å². The number of aliphatic hydroxyl groups excluding tert-OH is 1. The normalized spacial score (nSPS) is 8.68. The Morgan fingerprint density at radius 3 is 0.951 bits per heavy atom. The Morgan fingerprint density at radius 2 is 0.780 bits per heavy atom. The first kappa shape index (κ1) is 34.5. The zero-order chi connectivity index (χ0) is 29.0. The minimum Gasteiger partial charge on any atom is -0.222 e. The molecule has 0 aliphatic heterocycles. The third-order valence-corrected chi connectivity index (χ3v) is 4.23. The van der Waals surface area contributed by atoms with Crippen molar-refractivity contribution in [2.24, 2.45) is 0 Å². The maximum Gasteiger partial charge on any atom is 2.00 e. The van der Waals surface area contributed by atoms with Crippen molar-refractivity contribution in [2.75, 3.05) is 7.11 Å². The van der Waals surface area contributed by atoms with Gasteiger partial charge in [-0.1, -0.05) is 0 Å². The summed E-state index contributed by atoms with van der Waals surface area (Å²) >= 11 is 4.22. The van der Waals surface area contributed by atoms with Gasteiger partial charge in [0.05, 0.1) is 0 Å². The van der Waals surface area contributed by atoms with Gasteiger partial charge in [0.1, 0.15) is 12.7 Å². The van der Waals surface area contributed by atoms with Crippen LogP contribution >= 0.6 is 0 Å². The molecule has 6 rings (SSSR count). The number of nitrogens with zero attached hydrogens (tertiary/aromatic N) is 14. The fourth-order valence-corrected chi connectivity index (χ4v) is 2.79. The molecule has 15 nitrogen and oxygen atoms in total. The second-order valence-electron chi connectivity index (χ2n) is 6.45. The molecule has 0 unspecified atom stereocenters. The Kier molecular flexibility index (Phi) is 17.2. The standard InChI is InChI=1S/2C10H8N6.2CHNSe.CH4O.Fe/c2*1-3-13-15(5-1)9-7-10(12-8-11-9)16-6-2-4-14-16;2*2-1-3;1-2;/h2*1-8H;2*3H;2H,1H3;/q;;;;;+2/p-2. The summed E-state index contributed by atoms with van der Waals surface area (Å²) in [6.07, 6.45) is 17.1. The van der Waals surface area contributed by atoms with E-state index in [9.17, 15) is 0 Å². The van der Waals surface area contributed by atoms with E-state index in [-0.39, 0.29) is 17.1 Å². The van der Waals surface area contributed by atoms with Crippen LogP contribution in [-0.4, -0.2) is 103 Å². The quantitative estimate of drug-likeness (QED) is 0.251. The minimum absolute atomic E-state index is 0. The SMILES string of the molecule is CO.N#C[Se-].N#C[Se-].[Fe+2].c1cnn(-c2cc(-n3cccn3)ncn2)c1.c1cnn(-c2cc(-n3cccn3)ncn2)c1. The number of aliphatic hydroxyl groups is 1. The summed E-state index contributed by atoms with van der Waals surface area (Å²) < 4.78 is 6.70. The summed E-state index contributed by atoms with van der Waals surface area (Å²) in [6.45, 7) is 0. The van der Waals surface area contributed by atoms with E-state index < -0.39 is 0 Å². The first-order chi connectivity index (χ1) is 19.7. The zero-order valence-corrected chi connectivity index (χ0v) is 25.6. The predicted octanol–water partition coefficient (Wildman–Crippen LogP) is 0.574. The fourth-order valence-electron chi connectivity index (χ4n) is 2.79. The van der Waals surface area contributed by atoms with Gasteiger partial charge >= 0.3 is 69.6 Å². The van der Waals surface area contributed by atoms with Crippen molar-refractivity contribution in [2.45, 2.75) is 0 Å². The molecule has 0 aromatic carbocycles. The summed E-state index contributed by atoms with van der Waals surface area (Å²) in [5, 5.41) is 38.0. The van der Waals surface area contributed by atoms with Crippen molar-refractivity contribution in [3.63, 3.8) is 0 Å². The molecule has 0 amide bonds. The van der Waals surface area contributed by atoms with E-state index in [1.54, 1.807) is 53.4 Å². The van der Waals surface area contributed by atoms with Crippen LogP contribution in [0.4, 0.5) is 0 Å². The molecule has 0 bridgehead atoms. The summed E-state index contributed by atoms with van der Waals surface area (Å²) in [4.78, 5) is 19.8. The molecule has 0 saturated carbocycles. The van der Waals surface area contributed by atoms with Gasteiger partial charge < -0.3 is 5.11 Å². The summed E-state index contributed by atoms with van der Waals surface area (Å²) in [6, 6.07) is 11.0. The number of nitriles is 2. The molecule has 0 aliphatic carbocycles. The van der Waals surface area contributed by atoms with Crippen molar-refractivity contribution in [1.29, 1.82) is 10.5 Å². The van der Waals surface area contributed by atoms with Crippen molar-refractivity contribution in [3.8, 4) is 33.2 Å². The van der Waals surface area contributed by atoms with Crippen LogP contribution in [0.15, 0.2) is 98.6 Å². The topological polar surface area (TPSA) is 191 Å². The molecule has 41 heavy (non-hydrogen) atoms. The Hall–Kier alpha value is -4.50. The smallest absolute Gasteiger partial charge is 0.222 e. The summed E-state index contributed by atoms with van der Waals surface area (Å²) in [5.74, 6) is 2.85. The Labute approximate surface area is 261 Å². The van der Waals surface area contributed by atoms with E-state index in [1.807, 2.05) is 61.2 Å². The zero-order valence-electron chi connectivity index (χ0n) is 21.1. The van der Waals surface area contributed by atoms with Gasteiger partial charge in [0, 0.05) is 68.8 Å². The average molecular weight is 722 g/mol. The van der Waals surface area contributed by atoms with Crippen molar-refractivity contribution < 1.29 is 22.2 Å². The largest absolute Gasteiger partial charge is 2.00 e. The maximum atomic E-state index is 7.26. The van der Waals surface area contributed by atoms with Crippen LogP contribution < -0.4 is 0 Å². The Morgan fingerprint density at radius 1 is 0.561 bits per heavy atom. The molecule has 6 heterocycles. The molecule has 18 heteroatoms. The van der Waals surface area contributed by atoms with Crippen molar-refractivity contribution >= 4 is 32.0 Å². The van der Waals surface area contributed by atoms with E-state index in [0.717, 1.165) is 7.11 Å². The third-order valence-electron chi connectivity index (χ3n) is 4.23. The van der Waals surface area contributed by atoms with Gasteiger partial charge in [-0.3, -0.25) is 0 Å². The predicted molar refractivity (Wildman–Crippen MR) is 143 cm³/mol. The van der Waals surface area contributed by atoms with E-state index in [4.69, 9.17) is 15.6 Å². The van der Waals surface area contributed by atoms with Gasteiger partial charge in [0.25, 0.3) is 0 Å². The molecule has 0 fully saturated rings. The van der Waals surface area contributed by atoms with Crippen molar-refractivity contribution in [3.05, 3.63) is 98.6 Å². The minimum atomic E-state index is 0. The summed E-state index contributed by atoms with van der Waals surface area (Å²) in [7, 11) is 1.00. The van der Waals surface area contributed by atoms with Gasteiger partial charge in [-0.15, -0.1) is 0 Å². The Bertz CT molecular complexity index is 1340. The number of rotatable bonds is 4. The molecule has 6 aromatic rings.